The molecule has 0 aliphatic carbocycles. The van der Waals surface area contributed by atoms with Gasteiger partial charge in [-0.2, -0.15) is 5.10 Å². The Morgan fingerprint density at radius 1 is 1.57 bits per heavy atom. The van der Waals surface area contributed by atoms with Gasteiger partial charge in [-0.1, -0.05) is 5.16 Å². The standard InChI is InChI=1S/C9H12N4O/c1-7-8(9(5-10)12-14-7)6-13-4-2-3-11-13/h2-4H,5-6,10H2,1H3. The molecule has 2 N–H and O–H groups in total. The first-order valence-electron chi connectivity index (χ1n) is 4.42. The van der Waals surface area contributed by atoms with Crippen molar-refractivity contribution in [2.24, 2.45) is 5.73 Å². The molecule has 2 aromatic rings. The summed E-state index contributed by atoms with van der Waals surface area (Å²) >= 11 is 0. The van der Waals surface area contributed by atoms with E-state index in [0.29, 0.717) is 13.1 Å². The van der Waals surface area contributed by atoms with Crippen molar-refractivity contribution in [2.75, 3.05) is 0 Å². The van der Waals surface area contributed by atoms with Crippen LogP contribution in [0.4, 0.5) is 0 Å². The van der Waals surface area contributed by atoms with Gasteiger partial charge in [0.2, 0.25) is 0 Å². The molecule has 0 amide bonds. The minimum atomic E-state index is 0.397. The monoisotopic (exact) mass is 192 g/mol. The number of aryl methyl sites for hydroxylation is 1. The highest BCUT2D eigenvalue weighted by Crippen LogP contribution is 2.13. The van der Waals surface area contributed by atoms with E-state index in [1.54, 1.807) is 6.20 Å². The zero-order valence-electron chi connectivity index (χ0n) is 7.97. The van der Waals surface area contributed by atoms with Gasteiger partial charge < -0.3 is 10.3 Å². The predicted octanol–water partition coefficient (Wildman–Crippen LogP) is 0.687. The summed E-state index contributed by atoms with van der Waals surface area (Å²) in [7, 11) is 0. The van der Waals surface area contributed by atoms with Crippen molar-refractivity contribution in [3.8, 4) is 0 Å². The van der Waals surface area contributed by atoms with Crippen molar-refractivity contribution in [2.45, 2.75) is 20.0 Å². The molecule has 0 saturated heterocycles. The number of nitrogens with zero attached hydrogens (tertiary/aromatic N) is 3. The summed E-state index contributed by atoms with van der Waals surface area (Å²) in [5.41, 5.74) is 7.37. The summed E-state index contributed by atoms with van der Waals surface area (Å²) in [5.74, 6) is 0.806. The summed E-state index contributed by atoms with van der Waals surface area (Å²) in [4.78, 5) is 0. The highest BCUT2D eigenvalue weighted by atomic mass is 16.5. The first kappa shape index (κ1) is 8.96. The second-order valence-electron chi connectivity index (χ2n) is 3.07. The molecule has 0 bridgehead atoms. The average Bonchev–Trinajstić information content (AvgIpc) is 2.79. The Bertz CT molecular complexity index is 404. The van der Waals surface area contributed by atoms with Crippen LogP contribution in [-0.4, -0.2) is 14.9 Å². The first-order chi connectivity index (χ1) is 6.81. The highest BCUT2D eigenvalue weighted by molar-refractivity contribution is 5.22. The van der Waals surface area contributed by atoms with Crippen molar-refractivity contribution in [1.29, 1.82) is 0 Å². The Hall–Kier alpha value is -1.62. The Balaban J connectivity index is 2.27. The van der Waals surface area contributed by atoms with Crippen molar-refractivity contribution < 1.29 is 4.52 Å². The highest BCUT2D eigenvalue weighted by Gasteiger charge is 2.11. The summed E-state index contributed by atoms with van der Waals surface area (Å²) in [6.45, 7) is 2.94. The van der Waals surface area contributed by atoms with Crippen LogP contribution in [-0.2, 0) is 13.1 Å². The van der Waals surface area contributed by atoms with Crippen molar-refractivity contribution in [1.82, 2.24) is 14.9 Å². The molecule has 2 rings (SSSR count). The lowest BCUT2D eigenvalue weighted by molar-refractivity contribution is 0.389. The van der Waals surface area contributed by atoms with E-state index in [1.165, 1.54) is 0 Å². The van der Waals surface area contributed by atoms with Crippen LogP contribution in [0.3, 0.4) is 0 Å². The van der Waals surface area contributed by atoms with Gasteiger partial charge in [0.1, 0.15) is 11.5 Å². The van der Waals surface area contributed by atoms with E-state index in [9.17, 15) is 0 Å². The number of aromatic nitrogens is 3. The molecule has 0 radical (unpaired) electrons. The molecule has 0 fully saturated rings. The Labute approximate surface area is 81.5 Å². The maximum atomic E-state index is 5.54. The van der Waals surface area contributed by atoms with Crippen LogP contribution in [0.25, 0.3) is 0 Å². The molecule has 0 aliphatic heterocycles. The van der Waals surface area contributed by atoms with Crippen molar-refractivity contribution in [3.63, 3.8) is 0 Å². The van der Waals surface area contributed by atoms with Crippen LogP contribution in [0.15, 0.2) is 23.0 Å². The Kier molecular flexibility index (Phi) is 2.32. The summed E-state index contributed by atoms with van der Waals surface area (Å²) in [5, 5.41) is 7.99. The SMILES string of the molecule is Cc1onc(CN)c1Cn1cccn1. The first-order valence-corrected chi connectivity index (χ1v) is 4.42. The molecule has 5 nitrogen and oxygen atoms in total. The van der Waals surface area contributed by atoms with Crippen molar-refractivity contribution in [3.05, 3.63) is 35.5 Å². The lowest BCUT2D eigenvalue weighted by Gasteiger charge is -2.00. The molecule has 0 aliphatic rings. The molecule has 0 aromatic carbocycles. The van der Waals surface area contributed by atoms with Crippen molar-refractivity contribution >= 4 is 0 Å². The van der Waals surface area contributed by atoms with Gasteiger partial charge in [0, 0.05) is 24.5 Å². The average molecular weight is 192 g/mol. The van der Waals surface area contributed by atoms with E-state index in [0.717, 1.165) is 17.0 Å². The van der Waals surface area contributed by atoms with Gasteiger partial charge in [-0.15, -0.1) is 0 Å². The van der Waals surface area contributed by atoms with E-state index in [-0.39, 0.29) is 0 Å². The Morgan fingerprint density at radius 3 is 3.07 bits per heavy atom. The molecule has 0 spiro atoms. The number of nitrogens with two attached hydrogens (primary N) is 1. The van der Waals surface area contributed by atoms with E-state index in [4.69, 9.17) is 10.3 Å². The Morgan fingerprint density at radius 2 is 2.43 bits per heavy atom. The largest absolute Gasteiger partial charge is 0.361 e. The zero-order valence-corrected chi connectivity index (χ0v) is 7.97. The summed E-state index contributed by atoms with van der Waals surface area (Å²) < 4.78 is 6.88. The molecular formula is C9H12N4O. The van der Waals surface area contributed by atoms with Gasteiger partial charge in [0.25, 0.3) is 0 Å². The smallest absolute Gasteiger partial charge is 0.139 e. The van der Waals surface area contributed by atoms with Gasteiger partial charge in [0.15, 0.2) is 0 Å². The predicted molar refractivity (Wildman–Crippen MR) is 50.5 cm³/mol. The fourth-order valence-electron chi connectivity index (χ4n) is 1.36. The zero-order chi connectivity index (χ0) is 9.97. The van der Waals surface area contributed by atoms with Crippen LogP contribution in [0.1, 0.15) is 17.0 Å². The molecule has 5 heteroatoms. The topological polar surface area (TPSA) is 69.9 Å². The van der Waals surface area contributed by atoms with E-state index in [1.807, 2.05) is 23.9 Å². The van der Waals surface area contributed by atoms with E-state index < -0.39 is 0 Å². The third-order valence-electron chi connectivity index (χ3n) is 2.14. The molecule has 2 heterocycles. The van der Waals surface area contributed by atoms with Crippen LogP contribution >= 0.6 is 0 Å². The third kappa shape index (κ3) is 1.54. The molecule has 2 aromatic heterocycles. The van der Waals surface area contributed by atoms with Gasteiger partial charge in [-0.25, -0.2) is 0 Å². The number of hydrogen-bond donors (Lipinski definition) is 1. The van der Waals surface area contributed by atoms with Crippen LogP contribution in [0, 0.1) is 6.92 Å². The second kappa shape index (κ2) is 3.63. The van der Waals surface area contributed by atoms with Crippen LogP contribution in [0.5, 0.6) is 0 Å². The van der Waals surface area contributed by atoms with Crippen LogP contribution < -0.4 is 5.73 Å². The van der Waals surface area contributed by atoms with E-state index in [2.05, 4.69) is 10.3 Å². The number of hydrogen-bond acceptors (Lipinski definition) is 4. The van der Waals surface area contributed by atoms with Crippen LogP contribution in [0.2, 0.25) is 0 Å². The molecule has 0 atom stereocenters. The van der Waals surface area contributed by atoms with Gasteiger partial charge in [0.05, 0.1) is 6.54 Å². The molecule has 0 unspecified atom stereocenters. The molecule has 74 valence electrons. The third-order valence-corrected chi connectivity index (χ3v) is 2.14. The fraction of sp³-hybridized carbons (Fsp3) is 0.333. The summed E-state index contributed by atoms with van der Waals surface area (Å²) in [6.07, 6.45) is 3.64. The normalized spacial score (nSPS) is 10.7. The maximum absolute atomic E-state index is 5.54. The second-order valence-corrected chi connectivity index (χ2v) is 3.07. The minimum absolute atomic E-state index is 0.397. The molecular weight excluding hydrogens is 180 g/mol. The minimum Gasteiger partial charge on any atom is -0.361 e. The van der Waals surface area contributed by atoms with Gasteiger partial charge in [-0.3, -0.25) is 4.68 Å². The lowest BCUT2D eigenvalue weighted by Crippen LogP contribution is -2.06. The lowest BCUT2D eigenvalue weighted by atomic mass is 10.2. The summed E-state index contributed by atoms with van der Waals surface area (Å²) in [6, 6.07) is 1.88. The maximum Gasteiger partial charge on any atom is 0.139 e. The van der Waals surface area contributed by atoms with Gasteiger partial charge in [-0.05, 0) is 13.0 Å². The van der Waals surface area contributed by atoms with Gasteiger partial charge >= 0.3 is 0 Å². The number of rotatable bonds is 3. The fourth-order valence-corrected chi connectivity index (χ4v) is 1.36. The van der Waals surface area contributed by atoms with E-state index >= 15 is 0 Å². The molecule has 0 saturated carbocycles. The quantitative estimate of drug-likeness (QED) is 0.776. The molecule has 14 heavy (non-hydrogen) atoms.